The minimum Gasteiger partial charge on any atom is -0.320 e. The third kappa shape index (κ3) is 3.49. The van der Waals surface area contributed by atoms with Crippen LogP contribution in [0.1, 0.15) is 30.4 Å². The van der Waals surface area contributed by atoms with Crippen LogP contribution in [0, 0.1) is 17.0 Å². The summed E-state index contributed by atoms with van der Waals surface area (Å²) in [5, 5.41) is 13.8. The van der Waals surface area contributed by atoms with Crippen LogP contribution in [0.25, 0.3) is 0 Å². The Bertz CT molecular complexity index is 684. The van der Waals surface area contributed by atoms with E-state index in [0.717, 1.165) is 11.1 Å². The van der Waals surface area contributed by atoms with Crippen LogP contribution in [0.3, 0.4) is 0 Å². The lowest BCUT2D eigenvalue weighted by Gasteiger charge is -2.15. The first-order valence-corrected chi connectivity index (χ1v) is 7.13. The average Bonchev–Trinajstić information content (AvgIpc) is 2.50. The maximum Gasteiger partial charge on any atom is 0.293 e. The molecular weight excluding hydrogens is 280 g/mol. The van der Waals surface area contributed by atoms with Crippen molar-refractivity contribution in [3.8, 4) is 0 Å². The Labute approximate surface area is 129 Å². The van der Waals surface area contributed by atoms with Gasteiger partial charge < -0.3 is 5.32 Å². The number of rotatable bonds is 5. The van der Waals surface area contributed by atoms with Gasteiger partial charge in [0.25, 0.3) is 5.69 Å². The number of benzene rings is 2. The Kier molecular flexibility index (Phi) is 4.88. The molecule has 0 aliphatic rings. The summed E-state index contributed by atoms with van der Waals surface area (Å²) >= 11 is 0. The van der Waals surface area contributed by atoms with Crippen molar-refractivity contribution in [1.82, 2.24) is 0 Å². The van der Waals surface area contributed by atoms with Gasteiger partial charge >= 0.3 is 0 Å². The third-order valence-electron chi connectivity index (χ3n) is 3.53. The van der Waals surface area contributed by atoms with E-state index in [4.69, 9.17) is 0 Å². The number of anilines is 1. The highest BCUT2D eigenvalue weighted by Gasteiger charge is 2.22. The Morgan fingerprint density at radius 2 is 1.91 bits per heavy atom. The van der Waals surface area contributed by atoms with Gasteiger partial charge in [0, 0.05) is 6.07 Å². The van der Waals surface area contributed by atoms with Crippen molar-refractivity contribution in [2.45, 2.75) is 26.2 Å². The van der Waals surface area contributed by atoms with Gasteiger partial charge in [-0.3, -0.25) is 14.9 Å². The van der Waals surface area contributed by atoms with Gasteiger partial charge in [0.05, 0.1) is 10.8 Å². The molecule has 2 aromatic carbocycles. The van der Waals surface area contributed by atoms with Crippen LogP contribution in [0.4, 0.5) is 11.4 Å². The fourth-order valence-corrected chi connectivity index (χ4v) is 2.38. The minimum atomic E-state index is -0.480. The zero-order chi connectivity index (χ0) is 16.1. The van der Waals surface area contributed by atoms with Crippen LogP contribution in [-0.2, 0) is 4.79 Å². The molecule has 0 aromatic heterocycles. The molecule has 0 bridgehead atoms. The third-order valence-corrected chi connectivity index (χ3v) is 3.53. The lowest BCUT2D eigenvalue weighted by atomic mass is 9.95. The molecule has 0 saturated carbocycles. The van der Waals surface area contributed by atoms with Crippen molar-refractivity contribution in [2.24, 2.45) is 0 Å². The highest BCUT2D eigenvalue weighted by Crippen LogP contribution is 2.28. The van der Waals surface area contributed by atoms with Gasteiger partial charge in [-0.15, -0.1) is 0 Å². The van der Waals surface area contributed by atoms with Crippen molar-refractivity contribution in [1.29, 1.82) is 0 Å². The molecular formula is C17H18N2O3. The molecule has 2 aromatic rings. The molecule has 1 amide bonds. The fourth-order valence-electron chi connectivity index (χ4n) is 2.38. The summed E-state index contributed by atoms with van der Waals surface area (Å²) in [5.41, 5.74) is 1.82. The van der Waals surface area contributed by atoms with Crippen LogP contribution < -0.4 is 5.32 Å². The average molecular weight is 298 g/mol. The van der Waals surface area contributed by atoms with Crippen LogP contribution in [0.15, 0.2) is 48.5 Å². The number of amides is 1. The first kappa shape index (κ1) is 15.7. The van der Waals surface area contributed by atoms with E-state index in [1.165, 1.54) is 6.07 Å². The molecule has 0 spiro atoms. The predicted molar refractivity (Wildman–Crippen MR) is 85.9 cm³/mol. The maximum atomic E-state index is 12.5. The number of carbonyl (C=O) groups excluding carboxylic acids is 1. The standard InChI is InChI=1S/C17H18N2O3/c1-3-14(13-7-5-4-6-8-13)17(20)18-15-10-9-12(2)11-16(15)19(21)22/h4-11,14H,3H2,1-2H3,(H,18,20)/t14-/m1/s1. The van der Waals surface area contributed by atoms with Crippen molar-refractivity contribution < 1.29 is 9.72 Å². The number of aryl methyl sites for hydroxylation is 1. The summed E-state index contributed by atoms with van der Waals surface area (Å²) in [6, 6.07) is 14.2. The van der Waals surface area contributed by atoms with E-state index in [9.17, 15) is 14.9 Å². The van der Waals surface area contributed by atoms with E-state index in [2.05, 4.69) is 5.32 Å². The van der Waals surface area contributed by atoms with Gasteiger partial charge in [-0.1, -0.05) is 43.3 Å². The quantitative estimate of drug-likeness (QED) is 0.669. The van der Waals surface area contributed by atoms with Crippen LogP contribution in [-0.4, -0.2) is 10.8 Å². The molecule has 1 N–H and O–H groups in total. The normalized spacial score (nSPS) is 11.7. The van der Waals surface area contributed by atoms with Gasteiger partial charge in [-0.05, 0) is 30.5 Å². The second-order valence-electron chi connectivity index (χ2n) is 5.14. The summed E-state index contributed by atoms with van der Waals surface area (Å²) in [6.07, 6.45) is 0.621. The van der Waals surface area contributed by atoms with E-state index in [1.54, 1.807) is 19.1 Å². The molecule has 0 fully saturated rings. The van der Waals surface area contributed by atoms with Crippen molar-refractivity contribution in [2.75, 3.05) is 5.32 Å². The zero-order valence-electron chi connectivity index (χ0n) is 12.6. The first-order valence-electron chi connectivity index (χ1n) is 7.13. The van der Waals surface area contributed by atoms with Gasteiger partial charge in [-0.25, -0.2) is 0 Å². The molecule has 0 unspecified atom stereocenters. The summed E-state index contributed by atoms with van der Waals surface area (Å²) in [6.45, 7) is 3.69. The van der Waals surface area contributed by atoms with Crippen LogP contribution >= 0.6 is 0 Å². The fraction of sp³-hybridized carbons (Fsp3) is 0.235. The first-order chi connectivity index (χ1) is 10.5. The molecule has 22 heavy (non-hydrogen) atoms. The van der Waals surface area contributed by atoms with E-state index in [1.807, 2.05) is 37.3 Å². The number of hydrogen-bond acceptors (Lipinski definition) is 3. The van der Waals surface area contributed by atoms with Gasteiger partial charge in [-0.2, -0.15) is 0 Å². The predicted octanol–water partition coefficient (Wildman–Crippen LogP) is 4.04. The van der Waals surface area contributed by atoms with Crippen LogP contribution in [0.2, 0.25) is 0 Å². The van der Waals surface area contributed by atoms with E-state index < -0.39 is 4.92 Å². The molecule has 0 saturated heterocycles. The van der Waals surface area contributed by atoms with Crippen LogP contribution in [0.5, 0.6) is 0 Å². The molecule has 0 heterocycles. The number of nitrogens with one attached hydrogen (secondary N) is 1. The summed E-state index contributed by atoms with van der Waals surface area (Å²) < 4.78 is 0. The maximum absolute atomic E-state index is 12.5. The highest BCUT2D eigenvalue weighted by molar-refractivity contribution is 5.97. The lowest BCUT2D eigenvalue weighted by molar-refractivity contribution is -0.384. The summed E-state index contributed by atoms with van der Waals surface area (Å²) in [7, 11) is 0. The van der Waals surface area contributed by atoms with Crippen molar-refractivity contribution in [3.63, 3.8) is 0 Å². The summed E-state index contributed by atoms with van der Waals surface area (Å²) in [4.78, 5) is 23.1. The number of nitrogens with zero attached hydrogens (tertiary/aromatic N) is 1. The zero-order valence-corrected chi connectivity index (χ0v) is 12.6. The smallest absolute Gasteiger partial charge is 0.293 e. The minimum absolute atomic E-state index is 0.0868. The highest BCUT2D eigenvalue weighted by atomic mass is 16.6. The molecule has 0 aliphatic carbocycles. The number of nitro groups is 1. The Morgan fingerprint density at radius 1 is 1.23 bits per heavy atom. The van der Waals surface area contributed by atoms with Crippen molar-refractivity contribution >= 4 is 17.3 Å². The molecule has 2 rings (SSSR count). The number of nitro benzene ring substituents is 1. The van der Waals surface area contributed by atoms with Gasteiger partial charge in [0.15, 0.2) is 0 Å². The second-order valence-corrected chi connectivity index (χ2v) is 5.14. The lowest BCUT2D eigenvalue weighted by Crippen LogP contribution is -2.21. The monoisotopic (exact) mass is 298 g/mol. The van der Waals surface area contributed by atoms with Gasteiger partial charge in [0.2, 0.25) is 5.91 Å². The second kappa shape index (κ2) is 6.85. The summed E-state index contributed by atoms with van der Waals surface area (Å²) in [5.74, 6) is -0.567. The SMILES string of the molecule is CC[C@@H](C(=O)Nc1ccc(C)cc1[N+](=O)[O-])c1ccccc1. The molecule has 5 heteroatoms. The Morgan fingerprint density at radius 3 is 2.50 bits per heavy atom. The molecule has 0 aliphatic heterocycles. The molecule has 114 valence electrons. The van der Waals surface area contributed by atoms with Crippen molar-refractivity contribution in [3.05, 3.63) is 69.8 Å². The molecule has 0 radical (unpaired) electrons. The van der Waals surface area contributed by atoms with E-state index in [-0.39, 0.29) is 23.2 Å². The van der Waals surface area contributed by atoms with Gasteiger partial charge in [0.1, 0.15) is 5.69 Å². The van der Waals surface area contributed by atoms with E-state index in [0.29, 0.717) is 6.42 Å². The van der Waals surface area contributed by atoms with E-state index >= 15 is 0 Å². The largest absolute Gasteiger partial charge is 0.320 e. The Balaban J connectivity index is 2.26. The number of hydrogen-bond donors (Lipinski definition) is 1. The topological polar surface area (TPSA) is 72.2 Å². The number of carbonyl (C=O) groups is 1. The molecule has 5 nitrogen and oxygen atoms in total. The molecule has 1 atom stereocenters. The Hall–Kier alpha value is -2.69.